The van der Waals surface area contributed by atoms with Gasteiger partial charge in [0.25, 0.3) is 0 Å². The molecule has 1 fully saturated rings. The first-order chi connectivity index (χ1) is 10.8. The summed E-state index contributed by atoms with van der Waals surface area (Å²) in [5.41, 5.74) is 2.62. The predicted octanol–water partition coefficient (Wildman–Crippen LogP) is 2.89. The van der Waals surface area contributed by atoms with Crippen molar-refractivity contribution in [3.8, 4) is 5.75 Å². The molecule has 0 spiro atoms. The van der Waals surface area contributed by atoms with Gasteiger partial charge in [0.2, 0.25) is 0 Å². The van der Waals surface area contributed by atoms with Crippen molar-refractivity contribution >= 4 is 17.7 Å². The smallest absolute Gasteiger partial charge is 0.321 e. The fourth-order valence-electron chi connectivity index (χ4n) is 3.08. The van der Waals surface area contributed by atoms with Gasteiger partial charge in [-0.2, -0.15) is 0 Å². The van der Waals surface area contributed by atoms with E-state index < -0.39 is 11.9 Å². The Morgan fingerprint density at radius 1 is 1.26 bits per heavy atom. The average Bonchev–Trinajstić information content (AvgIpc) is 2.49. The van der Waals surface area contributed by atoms with Crippen LogP contribution in [-0.2, 0) is 4.79 Å². The number of hydrogen-bond acceptors (Lipinski definition) is 3. The van der Waals surface area contributed by atoms with Gasteiger partial charge in [-0.15, -0.1) is 0 Å². The van der Waals surface area contributed by atoms with Crippen LogP contribution in [0.3, 0.4) is 0 Å². The van der Waals surface area contributed by atoms with E-state index >= 15 is 0 Å². The molecular formula is C17H24N2O4. The predicted molar refractivity (Wildman–Crippen MR) is 88.0 cm³/mol. The second-order valence-corrected chi connectivity index (χ2v) is 6.35. The number of amides is 2. The molecule has 0 saturated carbocycles. The number of piperidine rings is 1. The Labute approximate surface area is 136 Å². The minimum Gasteiger partial charge on any atom is -0.496 e. The summed E-state index contributed by atoms with van der Waals surface area (Å²) in [5.74, 6) is -0.466. The highest BCUT2D eigenvalue weighted by atomic mass is 16.5. The second kappa shape index (κ2) is 6.89. The molecule has 0 aromatic heterocycles. The highest BCUT2D eigenvalue weighted by molar-refractivity contribution is 5.91. The summed E-state index contributed by atoms with van der Waals surface area (Å²) in [6.07, 6.45) is 0.608. The Morgan fingerprint density at radius 3 is 2.57 bits per heavy atom. The second-order valence-electron chi connectivity index (χ2n) is 6.35. The maximum Gasteiger partial charge on any atom is 0.321 e. The number of carbonyl (C=O) groups excluding carboxylic acids is 1. The molecule has 0 aliphatic carbocycles. The first kappa shape index (κ1) is 17.1. The number of aliphatic carboxylic acids is 1. The Balaban J connectivity index is 2.14. The summed E-state index contributed by atoms with van der Waals surface area (Å²) in [7, 11) is 1.59. The number of methoxy groups -OCH3 is 1. The molecule has 1 aliphatic rings. The van der Waals surface area contributed by atoms with E-state index in [1.165, 1.54) is 0 Å². The molecule has 0 bridgehead atoms. The highest BCUT2D eigenvalue weighted by Crippen LogP contribution is 2.27. The molecule has 2 N–H and O–H groups in total. The molecule has 6 nitrogen and oxygen atoms in total. The van der Waals surface area contributed by atoms with Gasteiger partial charge < -0.3 is 20.1 Å². The fourth-order valence-corrected chi connectivity index (χ4v) is 3.08. The quantitative estimate of drug-likeness (QED) is 0.897. The highest BCUT2D eigenvalue weighted by Gasteiger charge is 2.32. The molecule has 0 radical (unpaired) electrons. The summed E-state index contributed by atoms with van der Waals surface area (Å²) in [4.78, 5) is 25.3. The molecule has 126 valence electrons. The normalized spacial score (nSPS) is 21.0. The van der Waals surface area contributed by atoms with Crippen molar-refractivity contribution < 1.29 is 19.4 Å². The van der Waals surface area contributed by atoms with Gasteiger partial charge in [-0.05, 0) is 37.3 Å². The topological polar surface area (TPSA) is 78.9 Å². The van der Waals surface area contributed by atoms with Crippen molar-refractivity contribution in [2.75, 3.05) is 25.5 Å². The van der Waals surface area contributed by atoms with Gasteiger partial charge in [-0.3, -0.25) is 4.79 Å². The van der Waals surface area contributed by atoms with Gasteiger partial charge in [0.05, 0.1) is 13.0 Å². The number of hydrogen-bond donors (Lipinski definition) is 2. The first-order valence-electron chi connectivity index (χ1n) is 7.75. The number of carboxylic acids is 1. The van der Waals surface area contributed by atoms with Crippen LogP contribution in [-0.4, -0.2) is 42.2 Å². The Bertz CT molecular complexity index is 615. The SMILES string of the molecule is COc1cc(NC(=O)N2CC(C)CC(C(=O)O)C2)c(C)cc1C. The number of nitrogens with one attached hydrogen (secondary N) is 1. The van der Waals surface area contributed by atoms with E-state index in [9.17, 15) is 14.7 Å². The van der Waals surface area contributed by atoms with Crippen LogP contribution in [0.5, 0.6) is 5.75 Å². The molecule has 2 unspecified atom stereocenters. The van der Waals surface area contributed by atoms with E-state index in [-0.39, 0.29) is 18.5 Å². The number of carbonyl (C=O) groups is 2. The van der Waals surface area contributed by atoms with Crippen LogP contribution in [0.4, 0.5) is 10.5 Å². The van der Waals surface area contributed by atoms with Crippen LogP contribution < -0.4 is 10.1 Å². The van der Waals surface area contributed by atoms with Gasteiger partial charge in [-0.25, -0.2) is 4.79 Å². The number of likely N-dealkylation sites (tertiary alicyclic amines) is 1. The van der Waals surface area contributed by atoms with E-state index in [0.29, 0.717) is 24.4 Å². The number of ether oxygens (including phenoxy) is 1. The summed E-state index contributed by atoms with van der Waals surface area (Å²) in [6.45, 7) is 6.64. The van der Waals surface area contributed by atoms with Crippen LogP contribution in [0.1, 0.15) is 24.5 Å². The zero-order valence-electron chi connectivity index (χ0n) is 14.0. The van der Waals surface area contributed by atoms with Crippen molar-refractivity contribution in [3.63, 3.8) is 0 Å². The van der Waals surface area contributed by atoms with Crippen molar-refractivity contribution in [1.82, 2.24) is 4.90 Å². The van der Waals surface area contributed by atoms with Crippen LogP contribution in [0.25, 0.3) is 0 Å². The standard InChI is InChI=1S/C17H24N2O4/c1-10-5-13(16(20)21)9-19(8-10)17(22)18-14-7-15(23-4)12(3)6-11(14)2/h6-7,10,13H,5,8-9H2,1-4H3,(H,18,22)(H,20,21). The van der Waals surface area contributed by atoms with Crippen LogP contribution >= 0.6 is 0 Å². The lowest BCUT2D eigenvalue weighted by Gasteiger charge is -2.34. The van der Waals surface area contributed by atoms with E-state index in [4.69, 9.17) is 4.74 Å². The number of carboxylic acid groups (broad SMARTS) is 1. The molecule has 1 aliphatic heterocycles. The zero-order valence-corrected chi connectivity index (χ0v) is 14.0. The fraction of sp³-hybridized carbons (Fsp3) is 0.529. The molecule has 2 atom stereocenters. The molecule has 2 rings (SSSR count). The monoisotopic (exact) mass is 320 g/mol. The zero-order chi connectivity index (χ0) is 17.1. The first-order valence-corrected chi connectivity index (χ1v) is 7.75. The van der Waals surface area contributed by atoms with Crippen molar-refractivity contribution in [3.05, 3.63) is 23.3 Å². The molecule has 6 heteroatoms. The van der Waals surface area contributed by atoms with Crippen LogP contribution in [0.15, 0.2) is 12.1 Å². The molecule has 2 amide bonds. The van der Waals surface area contributed by atoms with E-state index in [0.717, 1.165) is 11.1 Å². The third-order valence-corrected chi connectivity index (χ3v) is 4.28. The lowest BCUT2D eigenvalue weighted by Crippen LogP contribution is -2.47. The Hall–Kier alpha value is -2.24. The summed E-state index contributed by atoms with van der Waals surface area (Å²) >= 11 is 0. The van der Waals surface area contributed by atoms with Crippen molar-refractivity contribution in [2.45, 2.75) is 27.2 Å². The lowest BCUT2D eigenvalue weighted by molar-refractivity contribution is -0.143. The molecule has 1 aromatic rings. The number of rotatable bonds is 3. The van der Waals surface area contributed by atoms with E-state index in [2.05, 4.69) is 5.32 Å². The molecule has 1 heterocycles. The maximum atomic E-state index is 12.5. The number of nitrogens with zero attached hydrogens (tertiary/aromatic N) is 1. The van der Waals surface area contributed by atoms with Gasteiger partial charge >= 0.3 is 12.0 Å². The number of benzene rings is 1. The van der Waals surface area contributed by atoms with E-state index in [1.54, 1.807) is 18.1 Å². The summed E-state index contributed by atoms with van der Waals surface area (Å²) < 4.78 is 5.29. The molecule has 1 aromatic carbocycles. The minimum absolute atomic E-state index is 0.171. The Morgan fingerprint density at radius 2 is 1.96 bits per heavy atom. The average molecular weight is 320 g/mol. The Kier molecular flexibility index (Phi) is 5.13. The van der Waals surface area contributed by atoms with Crippen molar-refractivity contribution in [1.29, 1.82) is 0 Å². The molecular weight excluding hydrogens is 296 g/mol. The van der Waals surface area contributed by atoms with Crippen LogP contribution in [0.2, 0.25) is 0 Å². The van der Waals surface area contributed by atoms with Gasteiger partial charge in [0, 0.05) is 24.8 Å². The maximum absolute atomic E-state index is 12.5. The number of urea groups is 1. The van der Waals surface area contributed by atoms with E-state index in [1.807, 2.05) is 26.8 Å². The number of anilines is 1. The summed E-state index contributed by atoms with van der Waals surface area (Å²) in [5, 5.41) is 12.1. The van der Waals surface area contributed by atoms with Gasteiger partial charge in [0.1, 0.15) is 5.75 Å². The van der Waals surface area contributed by atoms with Crippen molar-refractivity contribution in [2.24, 2.45) is 11.8 Å². The van der Waals surface area contributed by atoms with Gasteiger partial charge in [0.15, 0.2) is 0 Å². The largest absolute Gasteiger partial charge is 0.496 e. The lowest BCUT2D eigenvalue weighted by atomic mass is 9.91. The third kappa shape index (κ3) is 3.94. The number of aryl methyl sites for hydroxylation is 2. The molecule has 23 heavy (non-hydrogen) atoms. The minimum atomic E-state index is -0.845. The summed E-state index contributed by atoms with van der Waals surface area (Å²) in [6, 6.07) is 3.48. The third-order valence-electron chi connectivity index (χ3n) is 4.28. The van der Waals surface area contributed by atoms with Crippen LogP contribution in [0, 0.1) is 25.7 Å². The molecule has 1 saturated heterocycles. The van der Waals surface area contributed by atoms with Gasteiger partial charge in [-0.1, -0.05) is 13.0 Å².